The second-order valence-electron chi connectivity index (χ2n) is 6.02. The number of hydrogen-bond acceptors (Lipinski definition) is 2. The second-order valence-corrected chi connectivity index (χ2v) is 6.02. The van der Waals surface area contributed by atoms with Crippen LogP contribution in [0.25, 0.3) is 0 Å². The van der Waals surface area contributed by atoms with Crippen molar-refractivity contribution in [1.29, 1.82) is 0 Å². The molecule has 0 aliphatic rings. The summed E-state index contributed by atoms with van der Waals surface area (Å²) < 4.78 is 0. The Morgan fingerprint density at radius 3 is 1.84 bits per heavy atom. The van der Waals surface area contributed by atoms with Crippen LogP contribution >= 0.6 is 0 Å². The molecule has 0 aromatic carbocycles. The molecule has 0 heterocycles. The van der Waals surface area contributed by atoms with Crippen LogP contribution in [0.2, 0.25) is 0 Å². The predicted molar refractivity (Wildman–Crippen MR) is 79.0 cm³/mol. The summed E-state index contributed by atoms with van der Waals surface area (Å²) in [4.78, 5) is 21.9. The van der Waals surface area contributed by atoms with Crippen LogP contribution in [-0.4, -0.2) is 59.9 Å². The first-order chi connectivity index (χ1) is 8.20. The molecule has 4 nitrogen and oxygen atoms in total. The average Bonchev–Trinajstić information content (AvgIpc) is 2.20. The Balaban J connectivity index is 0. The van der Waals surface area contributed by atoms with E-state index in [2.05, 4.69) is 6.92 Å². The summed E-state index contributed by atoms with van der Waals surface area (Å²) >= 11 is 0. The number of carboxylic acids is 2. The van der Waals surface area contributed by atoms with Crippen LogP contribution in [0, 0.1) is 17.3 Å². The minimum absolute atomic E-state index is 0. The fourth-order valence-corrected chi connectivity index (χ4v) is 2.14. The molecule has 0 bridgehead atoms. The average molecular weight is 300 g/mol. The van der Waals surface area contributed by atoms with E-state index in [0.717, 1.165) is 25.7 Å². The Kier molecular flexibility index (Phi) is 11.3. The van der Waals surface area contributed by atoms with E-state index in [9.17, 15) is 9.59 Å². The molecule has 0 aromatic heterocycles. The fraction of sp³-hybridized carbons (Fsp3) is 0.857. The summed E-state index contributed by atoms with van der Waals surface area (Å²) in [5.41, 5.74) is -0.0586. The van der Waals surface area contributed by atoms with Crippen molar-refractivity contribution in [3.8, 4) is 0 Å². The summed E-state index contributed by atoms with van der Waals surface area (Å²) in [5, 5.41) is 17.9. The molecule has 0 radical (unpaired) electrons. The van der Waals surface area contributed by atoms with Crippen LogP contribution < -0.4 is 0 Å². The first-order valence-electron chi connectivity index (χ1n) is 6.65. The molecule has 0 amide bonds. The topological polar surface area (TPSA) is 74.6 Å². The van der Waals surface area contributed by atoms with Gasteiger partial charge in [-0.1, -0.05) is 47.0 Å². The zero-order chi connectivity index (χ0) is 14.3. The normalized spacial score (nSPS) is 12.9. The maximum atomic E-state index is 11.0. The Morgan fingerprint density at radius 2 is 1.53 bits per heavy atom. The van der Waals surface area contributed by atoms with E-state index in [0.29, 0.717) is 0 Å². The van der Waals surface area contributed by atoms with Crippen molar-refractivity contribution < 1.29 is 19.8 Å². The maximum absolute atomic E-state index is 11.0. The molecule has 0 saturated carbocycles. The van der Waals surface area contributed by atoms with E-state index in [-0.39, 0.29) is 55.5 Å². The Morgan fingerprint density at radius 1 is 1.05 bits per heavy atom. The molecule has 1 atom stereocenters. The standard InChI is InChI=1S/C14H26O4.Ca.2H/c1-5-6-7-8-10(14(2,3)4)9-11(12(15)16)13(17)18;;;/h10-11H,5-9H2,1-4H3,(H,15,16)(H,17,18);;;. The molecule has 0 aromatic rings. The van der Waals surface area contributed by atoms with Crippen LogP contribution in [0.15, 0.2) is 0 Å². The molecule has 2 N–H and O–H groups in total. The quantitative estimate of drug-likeness (QED) is 0.410. The third kappa shape index (κ3) is 8.87. The molecular weight excluding hydrogens is 272 g/mol. The van der Waals surface area contributed by atoms with E-state index in [1.165, 1.54) is 0 Å². The van der Waals surface area contributed by atoms with Crippen molar-refractivity contribution >= 4 is 49.7 Å². The first-order valence-corrected chi connectivity index (χ1v) is 6.65. The van der Waals surface area contributed by atoms with Crippen LogP contribution in [0.3, 0.4) is 0 Å². The molecule has 0 aliphatic heterocycles. The van der Waals surface area contributed by atoms with Gasteiger partial charge in [0.05, 0.1) is 0 Å². The van der Waals surface area contributed by atoms with Crippen LogP contribution in [0.1, 0.15) is 59.8 Å². The number of unbranched alkanes of at least 4 members (excludes halogenated alkanes) is 2. The van der Waals surface area contributed by atoms with Crippen molar-refractivity contribution in [3.05, 3.63) is 0 Å². The molecule has 0 rings (SSSR count). The number of hydrogen-bond donors (Lipinski definition) is 2. The van der Waals surface area contributed by atoms with E-state index >= 15 is 0 Å². The van der Waals surface area contributed by atoms with Gasteiger partial charge in [-0.25, -0.2) is 0 Å². The van der Waals surface area contributed by atoms with Gasteiger partial charge in [-0.2, -0.15) is 0 Å². The van der Waals surface area contributed by atoms with Gasteiger partial charge in [0, 0.05) is 0 Å². The van der Waals surface area contributed by atoms with Gasteiger partial charge in [-0.3, -0.25) is 9.59 Å². The molecule has 19 heavy (non-hydrogen) atoms. The number of carboxylic acid groups (broad SMARTS) is 2. The molecule has 0 fully saturated rings. The monoisotopic (exact) mass is 300 g/mol. The second kappa shape index (κ2) is 10.0. The summed E-state index contributed by atoms with van der Waals surface area (Å²) in [6.45, 7) is 8.25. The molecule has 110 valence electrons. The van der Waals surface area contributed by atoms with Gasteiger partial charge in [0.25, 0.3) is 0 Å². The van der Waals surface area contributed by atoms with E-state index < -0.39 is 17.9 Å². The van der Waals surface area contributed by atoms with Gasteiger partial charge >= 0.3 is 49.7 Å². The summed E-state index contributed by atoms with van der Waals surface area (Å²) in [6, 6.07) is 0. The van der Waals surface area contributed by atoms with Gasteiger partial charge in [0.2, 0.25) is 0 Å². The molecular formula is C14H28CaO4. The van der Waals surface area contributed by atoms with Crippen molar-refractivity contribution in [3.63, 3.8) is 0 Å². The van der Waals surface area contributed by atoms with Crippen molar-refractivity contribution in [2.45, 2.75) is 59.8 Å². The zero-order valence-corrected chi connectivity index (χ0v) is 11.9. The summed E-state index contributed by atoms with van der Waals surface area (Å²) in [7, 11) is 0. The van der Waals surface area contributed by atoms with Crippen molar-refractivity contribution in [2.24, 2.45) is 17.3 Å². The fourth-order valence-electron chi connectivity index (χ4n) is 2.14. The third-order valence-electron chi connectivity index (χ3n) is 3.50. The number of carbonyl (C=O) groups is 2. The zero-order valence-electron chi connectivity index (χ0n) is 11.9. The van der Waals surface area contributed by atoms with Crippen molar-refractivity contribution in [2.75, 3.05) is 0 Å². The van der Waals surface area contributed by atoms with Crippen molar-refractivity contribution in [1.82, 2.24) is 0 Å². The minimum atomic E-state index is -1.28. The van der Waals surface area contributed by atoms with E-state index in [1.807, 2.05) is 20.8 Å². The van der Waals surface area contributed by atoms with Crippen LogP contribution in [0.4, 0.5) is 0 Å². The van der Waals surface area contributed by atoms with Gasteiger partial charge in [0.1, 0.15) is 0 Å². The Labute approximate surface area is 146 Å². The van der Waals surface area contributed by atoms with Gasteiger partial charge < -0.3 is 10.2 Å². The Hall–Kier alpha value is 0.200. The third-order valence-corrected chi connectivity index (χ3v) is 3.50. The predicted octanol–water partition coefficient (Wildman–Crippen LogP) is 2.49. The van der Waals surface area contributed by atoms with Gasteiger partial charge in [-0.05, 0) is 24.2 Å². The molecule has 0 spiro atoms. The van der Waals surface area contributed by atoms with E-state index in [1.54, 1.807) is 0 Å². The summed E-state index contributed by atoms with van der Waals surface area (Å²) in [5.74, 6) is -3.61. The van der Waals surface area contributed by atoms with Gasteiger partial charge in [-0.15, -0.1) is 0 Å². The first kappa shape index (κ1) is 21.5. The molecule has 1 unspecified atom stereocenters. The number of aliphatic carboxylic acids is 2. The Bertz CT molecular complexity index is 270. The SMILES string of the molecule is CCCCCC(CC(C(=O)O)C(=O)O)C(C)(C)C.[CaH2]. The molecule has 5 heteroatoms. The molecule has 0 aliphatic carbocycles. The molecule has 0 saturated heterocycles. The summed E-state index contributed by atoms with van der Waals surface area (Å²) in [6.07, 6.45) is 4.37. The number of rotatable bonds is 8. The van der Waals surface area contributed by atoms with Crippen LogP contribution in [-0.2, 0) is 9.59 Å². The van der Waals surface area contributed by atoms with Crippen LogP contribution in [0.5, 0.6) is 0 Å². The van der Waals surface area contributed by atoms with Gasteiger partial charge in [0.15, 0.2) is 5.92 Å². The van der Waals surface area contributed by atoms with E-state index in [4.69, 9.17) is 10.2 Å².